The molecule has 25 heavy (non-hydrogen) atoms. The molecule has 6 heteroatoms. The molecule has 1 amide bonds. The highest BCUT2D eigenvalue weighted by Gasteiger charge is 2.21. The van der Waals surface area contributed by atoms with Gasteiger partial charge in [0.1, 0.15) is 0 Å². The van der Waals surface area contributed by atoms with Gasteiger partial charge >= 0.3 is 0 Å². The van der Waals surface area contributed by atoms with E-state index in [9.17, 15) is 4.79 Å². The van der Waals surface area contributed by atoms with Gasteiger partial charge in [0.2, 0.25) is 5.91 Å². The summed E-state index contributed by atoms with van der Waals surface area (Å²) in [6.07, 6.45) is 2.38. The van der Waals surface area contributed by atoms with Crippen LogP contribution < -0.4 is 5.32 Å². The summed E-state index contributed by atoms with van der Waals surface area (Å²) in [4.78, 5) is 15.9. The predicted octanol–water partition coefficient (Wildman–Crippen LogP) is 4.33. The molecule has 0 aliphatic carbocycles. The number of amides is 1. The van der Waals surface area contributed by atoms with E-state index in [4.69, 9.17) is 16.3 Å². The SMILES string of the molecule is Cc1ccc(NC(=O)CN(Cc2cccs2)C[C@@H]2CCCO2)c(Cl)c1. The molecule has 1 aromatic carbocycles. The van der Waals surface area contributed by atoms with E-state index in [0.29, 0.717) is 17.3 Å². The smallest absolute Gasteiger partial charge is 0.238 e. The summed E-state index contributed by atoms with van der Waals surface area (Å²) in [5.74, 6) is -0.0553. The third-order valence-electron chi connectivity index (χ3n) is 4.21. The van der Waals surface area contributed by atoms with Gasteiger partial charge in [0, 0.05) is 24.6 Å². The van der Waals surface area contributed by atoms with Gasteiger partial charge in [-0.15, -0.1) is 11.3 Å². The highest BCUT2D eigenvalue weighted by molar-refractivity contribution is 7.09. The lowest BCUT2D eigenvalue weighted by molar-refractivity contribution is -0.117. The molecule has 1 N–H and O–H groups in total. The number of hydrogen-bond acceptors (Lipinski definition) is 4. The molecule has 1 aliphatic heterocycles. The van der Waals surface area contributed by atoms with Crippen LogP contribution in [-0.2, 0) is 16.1 Å². The first kappa shape index (κ1) is 18.4. The van der Waals surface area contributed by atoms with Gasteiger partial charge in [-0.2, -0.15) is 0 Å². The molecule has 2 heterocycles. The second-order valence-corrected chi connectivity index (χ2v) is 7.85. The lowest BCUT2D eigenvalue weighted by Gasteiger charge is -2.24. The van der Waals surface area contributed by atoms with Gasteiger partial charge in [-0.05, 0) is 48.9 Å². The van der Waals surface area contributed by atoms with Crippen molar-refractivity contribution in [1.29, 1.82) is 0 Å². The zero-order chi connectivity index (χ0) is 17.6. The van der Waals surface area contributed by atoms with Crippen molar-refractivity contribution in [3.05, 3.63) is 51.2 Å². The molecular formula is C19H23ClN2O2S. The molecule has 0 saturated carbocycles. The Morgan fingerprint density at radius 2 is 2.32 bits per heavy atom. The first-order valence-electron chi connectivity index (χ1n) is 8.52. The summed E-state index contributed by atoms with van der Waals surface area (Å²) in [7, 11) is 0. The van der Waals surface area contributed by atoms with Crippen LogP contribution in [0.25, 0.3) is 0 Å². The van der Waals surface area contributed by atoms with Crippen molar-refractivity contribution in [2.45, 2.75) is 32.4 Å². The summed E-state index contributed by atoms with van der Waals surface area (Å²) in [5.41, 5.74) is 1.73. The van der Waals surface area contributed by atoms with Crippen LogP contribution >= 0.6 is 22.9 Å². The summed E-state index contributed by atoms with van der Waals surface area (Å²) in [5, 5.41) is 5.55. The average Bonchev–Trinajstić information content (AvgIpc) is 3.24. The molecule has 4 nitrogen and oxygen atoms in total. The van der Waals surface area contributed by atoms with E-state index in [2.05, 4.69) is 21.7 Å². The van der Waals surface area contributed by atoms with Crippen LogP contribution in [0.1, 0.15) is 23.3 Å². The van der Waals surface area contributed by atoms with E-state index in [1.54, 1.807) is 11.3 Å². The van der Waals surface area contributed by atoms with Crippen molar-refractivity contribution >= 4 is 34.5 Å². The molecule has 0 spiro atoms. The minimum atomic E-state index is -0.0553. The van der Waals surface area contributed by atoms with Crippen LogP contribution in [0, 0.1) is 6.92 Å². The zero-order valence-corrected chi connectivity index (χ0v) is 15.9. The normalized spacial score (nSPS) is 17.2. The third kappa shape index (κ3) is 5.54. The topological polar surface area (TPSA) is 41.6 Å². The number of hydrogen-bond donors (Lipinski definition) is 1. The number of rotatable bonds is 7. The molecule has 2 aromatic rings. The summed E-state index contributed by atoms with van der Waals surface area (Å²) in [6.45, 7) is 4.64. The molecule has 0 bridgehead atoms. The maximum atomic E-state index is 12.5. The first-order chi connectivity index (χ1) is 12.1. The Morgan fingerprint density at radius 1 is 1.44 bits per heavy atom. The number of carbonyl (C=O) groups excluding carboxylic acids is 1. The largest absolute Gasteiger partial charge is 0.377 e. The number of benzene rings is 1. The standard InChI is InChI=1S/C19H23ClN2O2S/c1-14-6-7-18(17(20)10-14)21-19(23)13-22(11-15-4-2-8-24-15)12-16-5-3-9-25-16/h3,5-7,9-10,15H,2,4,8,11-13H2,1H3,(H,21,23)/t15-/m0/s1. The minimum Gasteiger partial charge on any atom is -0.377 e. The quantitative estimate of drug-likeness (QED) is 0.779. The third-order valence-corrected chi connectivity index (χ3v) is 5.39. The highest BCUT2D eigenvalue weighted by Crippen LogP contribution is 2.23. The minimum absolute atomic E-state index is 0.0553. The van der Waals surface area contributed by atoms with Crippen LogP contribution in [0.5, 0.6) is 0 Å². The summed E-state index contributed by atoms with van der Waals surface area (Å²) in [6, 6.07) is 9.78. The fourth-order valence-corrected chi connectivity index (χ4v) is 4.03. The van der Waals surface area contributed by atoms with Gasteiger partial charge in [0.25, 0.3) is 0 Å². The van der Waals surface area contributed by atoms with Crippen LogP contribution in [0.4, 0.5) is 5.69 Å². The Balaban J connectivity index is 1.62. The fraction of sp³-hybridized carbons (Fsp3) is 0.421. The summed E-state index contributed by atoms with van der Waals surface area (Å²) >= 11 is 7.93. The molecule has 1 aliphatic rings. The van der Waals surface area contributed by atoms with Crippen molar-refractivity contribution < 1.29 is 9.53 Å². The average molecular weight is 379 g/mol. The zero-order valence-electron chi connectivity index (χ0n) is 14.3. The number of ether oxygens (including phenoxy) is 1. The molecule has 1 fully saturated rings. The molecule has 1 aromatic heterocycles. The molecule has 0 radical (unpaired) electrons. The Bertz CT molecular complexity index is 699. The maximum absolute atomic E-state index is 12.5. The Kier molecular flexibility index (Phi) is 6.48. The van der Waals surface area contributed by atoms with E-state index in [1.165, 1.54) is 4.88 Å². The van der Waals surface area contributed by atoms with E-state index in [-0.39, 0.29) is 12.0 Å². The summed E-state index contributed by atoms with van der Waals surface area (Å²) < 4.78 is 5.74. The second-order valence-electron chi connectivity index (χ2n) is 6.42. The fourth-order valence-electron chi connectivity index (χ4n) is 3.00. The van der Waals surface area contributed by atoms with Gasteiger partial charge in [-0.25, -0.2) is 0 Å². The predicted molar refractivity (Wildman–Crippen MR) is 103 cm³/mol. The molecule has 1 saturated heterocycles. The monoisotopic (exact) mass is 378 g/mol. The van der Waals surface area contributed by atoms with E-state index < -0.39 is 0 Å². The lowest BCUT2D eigenvalue weighted by atomic mass is 10.2. The Labute approximate surface area is 157 Å². The highest BCUT2D eigenvalue weighted by atomic mass is 35.5. The van der Waals surface area contributed by atoms with Gasteiger partial charge in [-0.1, -0.05) is 23.7 Å². The van der Waals surface area contributed by atoms with Crippen LogP contribution in [0.2, 0.25) is 5.02 Å². The number of carbonyl (C=O) groups is 1. The molecule has 3 rings (SSSR count). The van der Waals surface area contributed by atoms with Gasteiger partial charge < -0.3 is 10.1 Å². The van der Waals surface area contributed by atoms with E-state index in [0.717, 1.165) is 38.1 Å². The Hall–Kier alpha value is -1.40. The van der Waals surface area contributed by atoms with Crippen LogP contribution in [-0.4, -0.2) is 36.6 Å². The number of anilines is 1. The van der Waals surface area contributed by atoms with Gasteiger partial charge in [0.05, 0.1) is 23.4 Å². The second kappa shape index (κ2) is 8.81. The molecule has 1 atom stereocenters. The van der Waals surface area contributed by atoms with Crippen LogP contribution in [0.3, 0.4) is 0 Å². The van der Waals surface area contributed by atoms with Gasteiger partial charge in [0.15, 0.2) is 0 Å². The van der Waals surface area contributed by atoms with Crippen molar-refractivity contribution in [1.82, 2.24) is 4.90 Å². The maximum Gasteiger partial charge on any atom is 0.238 e. The van der Waals surface area contributed by atoms with Crippen molar-refractivity contribution in [2.75, 3.05) is 25.0 Å². The van der Waals surface area contributed by atoms with E-state index >= 15 is 0 Å². The number of aryl methyl sites for hydroxylation is 1. The molecular weight excluding hydrogens is 356 g/mol. The van der Waals surface area contributed by atoms with Crippen molar-refractivity contribution in [3.8, 4) is 0 Å². The first-order valence-corrected chi connectivity index (χ1v) is 9.78. The van der Waals surface area contributed by atoms with E-state index in [1.807, 2.05) is 31.2 Å². The lowest BCUT2D eigenvalue weighted by Crippen LogP contribution is -2.37. The Morgan fingerprint density at radius 3 is 3.00 bits per heavy atom. The number of halogens is 1. The molecule has 0 unspecified atom stereocenters. The number of thiophene rings is 1. The van der Waals surface area contributed by atoms with Crippen molar-refractivity contribution in [3.63, 3.8) is 0 Å². The molecule has 134 valence electrons. The van der Waals surface area contributed by atoms with Crippen LogP contribution in [0.15, 0.2) is 35.7 Å². The van der Waals surface area contributed by atoms with Crippen molar-refractivity contribution in [2.24, 2.45) is 0 Å². The number of nitrogens with zero attached hydrogens (tertiary/aromatic N) is 1. The number of nitrogens with one attached hydrogen (secondary N) is 1. The van der Waals surface area contributed by atoms with Gasteiger partial charge in [-0.3, -0.25) is 9.69 Å².